The van der Waals surface area contributed by atoms with Gasteiger partial charge in [0.15, 0.2) is 0 Å². The lowest BCUT2D eigenvalue weighted by Gasteiger charge is -2.39. The molecule has 136 valence electrons. The van der Waals surface area contributed by atoms with Gasteiger partial charge in [0, 0.05) is 40.0 Å². The van der Waals surface area contributed by atoms with Crippen LogP contribution in [0.3, 0.4) is 0 Å². The SMILES string of the molecule is CN(C)C(=O)CCCC(=O)N1CCC(C(=O)O)(c2ccccc2)CC1. The Labute approximate surface area is 148 Å². The molecule has 1 fully saturated rings. The third-order valence-electron chi connectivity index (χ3n) is 4.99. The minimum atomic E-state index is -0.918. The van der Waals surface area contributed by atoms with E-state index < -0.39 is 11.4 Å². The third kappa shape index (κ3) is 4.38. The molecule has 6 nitrogen and oxygen atoms in total. The summed E-state index contributed by atoms with van der Waals surface area (Å²) in [6.45, 7) is 0.864. The summed E-state index contributed by atoms with van der Waals surface area (Å²) in [5.41, 5.74) is -0.120. The van der Waals surface area contributed by atoms with Crippen LogP contribution in [0.2, 0.25) is 0 Å². The van der Waals surface area contributed by atoms with Crippen LogP contribution < -0.4 is 0 Å². The summed E-state index contributed by atoms with van der Waals surface area (Å²) < 4.78 is 0. The van der Waals surface area contributed by atoms with Gasteiger partial charge in [-0.15, -0.1) is 0 Å². The van der Waals surface area contributed by atoms with Gasteiger partial charge in [-0.05, 0) is 24.8 Å². The Balaban J connectivity index is 1.92. The first-order valence-electron chi connectivity index (χ1n) is 8.63. The second-order valence-corrected chi connectivity index (χ2v) is 6.78. The van der Waals surface area contributed by atoms with Crippen molar-refractivity contribution in [2.24, 2.45) is 0 Å². The molecule has 1 N–H and O–H groups in total. The maximum absolute atomic E-state index is 12.3. The van der Waals surface area contributed by atoms with Crippen molar-refractivity contribution in [3.8, 4) is 0 Å². The van der Waals surface area contributed by atoms with E-state index in [2.05, 4.69) is 0 Å². The Bertz CT molecular complexity index is 620. The van der Waals surface area contributed by atoms with E-state index >= 15 is 0 Å². The molecule has 1 aliphatic rings. The third-order valence-corrected chi connectivity index (χ3v) is 4.99. The lowest BCUT2D eigenvalue weighted by atomic mass is 9.73. The molecule has 1 aromatic rings. The fourth-order valence-corrected chi connectivity index (χ4v) is 3.29. The van der Waals surface area contributed by atoms with Crippen molar-refractivity contribution >= 4 is 17.8 Å². The highest BCUT2D eigenvalue weighted by Gasteiger charge is 2.43. The number of carbonyl (C=O) groups excluding carboxylic acids is 2. The fraction of sp³-hybridized carbons (Fsp3) is 0.526. The largest absolute Gasteiger partial charge is 0.481 e. The van der Waals surface area contributed by atoms with Crippen LogP contribution in [-0.4, -0.2) is 59.9 Å². The lowest BCUT2D eigenvalue weighted by Crippen LogP contribution is -2.49. The number of piperidine rings is 1. The standard InChI is InChI=1S/C19H26N2O4/c1-20(2)16(22)9-6-10-17(23)21-13-11-19(12-14-21,18(24)25)15-7-4-3-5-8-15/h3-5,7-8H,6,9-14H2,1-2H3,(H,24,25). The van der Waals surface area contributed by atoms with Crippen molar-refractivity contribution in [1.82, 2.24) is 9.80 Å². The molecule has 0 unspecified atom stereocenters. The number of rotatable bonds is 6. The summed E-state index contributed by atoms with van der Waals surface area (Å²) in [7, 11) is 3.40. The van der Waals surface area contributed by atoms with E-state index in [1.54, 1.807) is 19.0 Å². The van der Waals surface area contributed by atoms with Crippen LogP contribution in [0.4, 0.5) is 0 Å². The molecule has 1 heterocycles. The van der Waals surface area contributed by atoms with Gasteiger partial charge in [0.2, 0.25) is 11.8 Å². The highest BCUT2D eigenvalue weighted by molar-refractivity contribution is 5.83. The summed E-state index contributed by atoms with van der Waals surface area (Å²) in [6.07, 6.45) is 2.03. The Hall–Kier alpha value is -2.37. The number of carboxylic acids is 1. The van der Waals surface area contributed by atoms with Crippen molar-refractivity contribution < 1.29 is 19.5 Å². The monoisotopic (exact) mass is 346 g/mol. The molecular formula is C19H26N2O4. The Kier molecular flexibility index (Phi) is 6.17. The van der Waals surface area contributed by atoms with Crippen molar-refractivity contribution in [3.05, 3.63) is 35.9 Å². The maximum atomic E-state index is 12.3. The molecule has 0 atom stereocenters. The van der Waals surface area contributed by atoms with E-state index in [1.807, 2.05) is 30.3 Å². The van der Waals surface area contributed by atoms with Crippen LogP contribution in [0.25, 0.3) is 0 Å². The Morgan fingerprint density at radius 3 is 2.20 bits per heavy atom. The molecule has 0 spiro atoms. The van der Waals surface area contributed by atoms with Gasteiger partial charge in [-0.2, -0.15) is 0 Å². The van der Waals surface area contributed by atoms with E-state index in [1.165, 1.54) is 4.90 Å². The summed E-state index contributed by atoms with van der Waals surface area (Å²) in [6, 6.07) is 9.25. The molecule has 1 saturated heterocycles. The molecule has 0 saturated carbocycles. The number of hydrogen-bond acceptors (Lipinski definition) is 3. The average molecular weight is 346 g/mol. The molecule has 0 radical (unpaired) electrons. The molecule has 2 rings (SSSR count). The molecule has 0 bridgehead atoms. The van der Waals surface area contributed by atoms with Crippen molar-refractivity contribution in [1.29, 1.82) is 0 Å². The molecule has 1 aromatic carbocycles. The molecule has 0 aliphatic carbocycles. The highest BCUT2D eigenvalue weighted by atomic mass is 16.4. The van der Waals surface area contributed by atoms with Crippen LogP contribution in [0.1, 0.15) is 37.7 Å². The number of hydrogen-bond donors (Lipinski definition) is 1. The van der Waals surface area contributed by atoms with Crippen LogP contribution in [-0.2, 0) is 19.8 Å². The van der Waals surface area contributed by atoms with Crippen LogP contribution in [0.15, 0.2) is 30.3 Å². The molecule has 0 aromatic heterocycles. The quantitative estimate of drug-likeness (QED) is 0.853. The molecule has 6 heteroatoms. The van der Waals surface area contributed by atoms with Crippen LogP contribution >= 0.6 is 0 Å². The Morgan fingerprint density at radius 1 is 1.08 bits per heavy atom. The van der Waals surface area contributed by atoms with Crippen LogP contribution in [0, 0.1) is 0 Å². The van der Waals surface area contributed by atoms with E-state index in [-0.39, 0.29) is 11.8 Å². The number of nitrogens with zero attached hydrogens (tertiary/aromatic N) is 2. The highest BCUT2D eigenvalue weighted by Crippen LogP contribution is 2.36. The van der Waals surface area contributed by atoms with Gasteiger partial charge in [0.05, 0.1) is 5.41 Å². The number of carbonyl (C=O) groups is 3. The van der Waals surface area contributed by atoms with Gasteiger partial charge in [0.1, 0.15) is 0 Å². The summed E-state index contributed by atoms with van der Waals surface area (Å²) in [5.74, 6) is -0.818. The summed E-state index contributed by atoms with van der Waals surface area (Å²) in [4.78, 5) is 39.0. The minimum absolute atomic E-state index is 0.00129. The normalized spacial score (nSPS) is 16.3. The number of benzene rings is 1. The van der Waals surface area contributed by atoms with Crippen molar-refractivity contribution in [2.75, 3.05) is 27.2 Å². The second-order valence-electron chi connectivity index (χ2n) is 6.78. The first-order chi connectivity index (χ1) is 11.9. The van der Waals surface area contributed by atoms with Gasteiger partial charge >= 0.3 is 5.97 Å². The fourth-order valence-electron chi connectivity index (χ4n) is 3.29. The molecule has 25 heavy (non-hydrogen) atoms. The van der Waals surface area contributed by atoms with Gasteiger partial charge in [-0.25, -0.2) is 0 Å². The number of amides is 2. The topological polar surface area (TPSA) is 77.9 Å². The predicted molar refractivity (Wildman–Crippen MR) is 94.1 cm³/mol. The lowest BCUT2D eigenvalue weighted by molar-refractivity contribution is -0.148. The molecule has 1 aliphatic heterocycles. The molecule has 2 amide bonds. The number of aliphatic carboxylic acids is 1. The zero-order valence-corrected chi connectivity index (χ0v) is 14.9. The van der Waals surface area contributed by atoms with E-state index in [4.69, 9.17) is 0 Å². The Morgan fingerprint density at radius 2 is 1.68 bits per heavy atom. The maximum Gasteiger partial charge on any atom is 0.314 e. The zero-order chi connectivity index (χ0) is 18.4. The zero-order valence-electron chi connectivity index (χ0n) is 14.9. The van der Waals surface area contributed by atoms with E-state index in [0.29, 0.717) is 45.2 Å². The summed E-state index contributed by atoms with van der Waals surface area (Å²) >= 11 is 0. The number of carboxylic acid groups (broad SMARTS) is 1. The first kappa shape index (κ1) is 19.0. The van der Waals surface area contributed by atoms with Crippen molar-refractivity contribution in [2.45, 2.75) is 37.5 Å². The summed E-state index contributed by atoms with van der Waals surface area (Å²) in [5, 5.41) is 9.78. The van der Waals surface area contributed by atoms with Gasteiger partial charge < -0.3 is 14.9 Å². The van der Waals surface area contributed by atoms with Gasteiger partial charge in [0.25, 0.3) is 0 Å². The smallest absolute Gasteiger partial charge is 0.314 e. The van der Waals surface area contributed by atoms with Crippen LogP contribution in [0.5, 0.6) is 0 Å². The first-order valence-corrected chi connectivity index (χ1v) is 8.63. The second kappa shape index (κ2) is 8.14. The minimum Gasteiger partial charge on any atom is -0.481 e. The van der Waals surface area contributed by atoms with Gasteiger partial charge in [-0.3, -0.25) is 14.4 Å². The average Bonchev–Trinajstić information content (AvgIpc) is 2.62. The van der Waals surface area contributed by atoms with E-state index in [9.17, 15) is 19.5 Å². The molecular weight excluding hydrogens is 320 g/mol. The van der Waals surface area contributed by atoms with E-state index in [0.717, 1.165) is 5.56 Å². The number of likely N-dealkylation sites (tertiary alicyclic amines) is 1. The van der Waals surface area contributed by atoms with Gasteiger partial charge in [-0.1, -0.05) is 30.3 Å². The predicted octanol–water partition coefficient (Wildman–Crippen LogP) is 1.89. The van der Waals surface area contributed by atoms with Crippen molar-refractivity contribution in [3.63, 3.8) is 0 Å².